The van der Waals surface area contributed by atoms with E-state index in [0.717, 1.165) is 49.9 Å². The standard InChI is InChI=1S/C20H28N2O2.C8H11N/c1-3-5-8-16-9-6-7-10-17(16)14-20(24)21-19-13-18(19)11-12-22(4-2)15-23;1-9(2)8-6-4-3-5-7-8/h5-10,15,18-19H,3-4,11-14H2,1-2H3,(H,21,24);3-7H,1-2H3/b8-5-;. The molecule has 1 fully saturated rings. The lowest BCUT2D eigenvalue weighted by molar-refractivity contribution is -0.121. The first-order valence-corrected chi connectivity index (χ1v) is 11.9. The predicted octanol–water partition coefficient (Wildman–Crippen LogP) is 4.78. The van der Waals surface area contributed by atoms with Crippen LogP contribution in [0.3, 0.4) is 0 Å². The van der Waals surface area contributed by atoms with Gasteiger partial charge in [-0.3, -0.25) is 9.59 Å². The Morgan fingerprint density at radius 3 is 2.36 bits per heavy atom. The van der Waals surface area contributed by atoms with Gasteiger partial charge in [-0.15, -0.1) is 0 Å². The Balaban J connectivity index is 0.000000357. The van der Waals surface area contributed by atoms with E-state index >= 15 is 0 Å². The molecule has 1 aliphatic carbocycles. The Hall–Kier alpha value is -3.08. The van der Waals surface area contributed by atoms with Gasteiger partial charge in [-0.05, 0) is 55.4 Å². The third-order valence-corrected chi connectivity index (χ3v) is 5.82. The van der Waals surface area contributed by atoms with Gasteiger partial charge in [0.1, 0.15) is 0 Å². The van der Waals surface area contributed by atoms with Crippen LogP contribution in [0.2, 0.25) is 0 Å². The molecule has 0 bridgehead atoms. The number of carbonyl (C=O) groups excluding carboxylic acids is 2. The Bertz CT molecular complexity index is 880. The SMILES string of the molecule is CC/C=C\c1ccccc1CC(=O)NC1CC1CCN(C=O)CC.CN(C)c1ccccc1. The van der Waals surface area contributed by atoms with Crippen LogP contribution in [-0.2, 0) is 16.0 Å². The maximum Gasteiger partial charge on any atom is 0.224 e. The molecule has 0 aliphatic heterocycles. The van der Waals surface area contributed by atoms with Gasteiger partial charge in [-0.25, -0.2) is 0 Å². The molecule has 0 spiro atoms. The van der Waals surface area contributed by atoms with E-state index in [0.29, 0.717) is 12.3 Å². The molecule has 2 unspecified atom stereocenters. The molecular weight excluding hydrogens is 410 g/mol. The van der Waals surface area contributed by atoms with E-state index in [1.165, 1.54) is 5.69 Å². The number of hydrogen-bond acceptors (Lipinski definition) is 3. The second kappa shape index (κ2) is 14.1. The number of nitrogens with one attached hydrogen (secondary N) is 1. The highest BCUT2D eigenvalue weighted by Gasteiger charge is 2.37. The molecule has 33 heavy (non-hydrogen) atoms. The molecule has 2 aromatic carbocycles. The second-order valence-corrected chi connectivity index (χ2v) is 8.61. The minimum Gasteiger partial charge on any atom is -0.378 e. The third-order valence-electron chi connectivity index (χ3n) is 5.82. The topological polar surface area (TPSA) is 52.7 Å². The molecule has 5 nitrogen and oxygen atoms in total. The monoisotopic (exact) mass is 449 g/mol. The summed E-state index contributed by atoms with van der Waals surface area (Å²) < 4.78 is 0. The molecule has 178 valence electrons. The smallest absolute Gasteiger partial charge is 0.224 e. The van der Waals surface area contributed by atoms with E-state index < -0.39 is 0 Å². The zero-order valence-corrected chi connectivity index (χ0v) is 20.5. The van der Waals surface area contributed by atoms with Crippen molar-refractivity contribution in [3.05, 3.63) is 71.8 Å². The largest absolute Gasteiger partial charge is 0.378 e. The summed E-state index contributed by atoms with van der Waals surface area (Å²) in [6.45, 7) is 5.60. The van der Waals surface area contributed by atoms with Crippen molar-refractivity contribution >= 4 is 24.1 Å². The summed E-state index contributed by atoms with van der Waals surface area (Å²) in [6.07, 6.45) is 8.49. The van der Waals surface area contributed by atoms with E-state index in [2.05, 4.69) is 41.4 Å². The Morgan fingerprint density at radius 1 is 1.06 bits per heavy atom. The number of benzene rings is 2. The van der Waals surface area contributed by atoms with Crippen LogP contribution in [0.5, 0.6) is 0 Å². The summed E-state index contributed by atoms with van der Waals surface area (Å²) in [6, 6.07) is 18.6. The average molecular weight is 450 g/mol. The molecule has 1 aliphatic rings. The molecule has 0 radical (unpaired) electrons. The summed E-state index contributed by atoms with van der Waals surface area (Å²) in [4.78, 5) is 26.9. The number of carbonyl (C=O) groups is 2. The fourth-order valence-corrected chi connectivity index (χ4v) is 3.62. The summed E-state index contributed by atoms with van der Waals surface area (Å²) in [5.74, 6) is 0.598. The molecule has 2 aromatic rings. The van der Waals surface area contributed by atoms with Crippen LogP contribution in [0.1, 0.15) is 44.2 Å². The van der Waals surface area contributed by atoms with E-state index in [9.17, 15) is 9.59 Å². The number of anilines is 1. The molecule has 5 heteroatoms. The first kappa shape index (κ1) is 26.2. The summed E-state index contributed by atoms with van der Waals surface area (Å²) in [5, 5.41) is 3.13. The van der Waals surface area contributed by atoms with Gasteiger partial charge in [0.2, 0.25) is 12.3 Å². The minimum absolute atomic E-state index is 0.0857. The lowest BCUT2D eigenvalue weighted by Crippen LogP contribution is -2.29. The molecule has 3 rings (SSSR count). The lowest BCUT2D eigenvalue weighted by Gasteiger charge is -2.14. The van der Waals surface area contributed by atoms with Crippen molar-refractivity contribution in [2.24, 2.45) is 5.92 Å². The van der Waals surface area contributed by atoms with E-state index in [1.807, 2.05) is 63.5 Å². The lowest BCUT2D eigenvalue weighted by atomic mass is 10.0. The van der Waals surface area contributed by atoms with Crippen LogP contribution >= 0.6 is 0 Å². The second-order valence-electron chi connectivity index (χ2n) is 8.61. The number of hydrogen-bond donors (Lipinski definition) is 1. The van der Waals surface area contributed by atoms with E-state index in [1.54, 1.807) is 4.90 Å². The van der Waals surface area contributed by atoms with E-state index in [4.69, 9.17) is 0 Å². The zero-order chi connectivity index (χ0) is 24.1. The molecule has 2 atom stereocenters. The van der Waals surface area contributed by atoms with Crippen molar-refractivity contribution in [1.82, 2.24) is 10.2 Å². The normalized spacial score (nSPS) is 16.5. The maximum absolute atomic E-state index is 12.3. The van der Waals surface area contributed by atoms with Gasteiger partial charge in [0.25, 0.3) is 0 Å². The van der Waals surface area contributed by atoms with Crippen molar-refractivity contribution in [2.45, 2.75) is 45.6 Å². The van der Waals surface area contributed by atoms with Crippen molar-refractivity contribution in [3.63, 3.8) is 0 Å². The number of rotatable bonds is 11. The Labute approximate surface area is 199 Å². The van der Waals surface area contributed by atoms with Crippen LogP contribution in [0.25, 0.3) is 6.08 Å². The van der Waals surface area contributed by atoms with Gasteiger partial charge < -0.3 is 15.1 Å². The van der Waals surface area contributed by atoms with Crippen molar-refractivity contribution in [3.8, 4) is 0 Å². The number of amides is 2. The number of allylic oxidation sites excluding steroid dienone is 1. The molecule has 1 saturated carbocycles. The predicted molar refractivity (Wildman–Crippen MR) is 138 cm³/mol. The quantitative estimate of drug-likeness (QED) is 0.503. The van der Waals surface area contributed by atoms with Crippen molar-refractivity contribution in [1.29, 1.82) is 0 Å². The van der Waals surface area contributed by atoms with E-state index in [-0.39, 0.29) is 11.9 Å². The van der Waals surface area contributed by atoms with Crippen molar-refractivity contribution in [2.75, 3.05) is 32.1 Å². The van der Waals surface area contributed by atoms with Gasteiger partial charge in [-0.1, -0.05) is 61.5 Å². The summed E-state index contributed by atoms with van der Waals surface area (Å²) >= 11 is 0. The van der Waals surface area contributed by atoms with Gasteiger partial charge >= 0.3 is 0 Å². The molecule has 1 N–H and O–H groups in total. The van der Waals surface area contributed by atoms with Crippen LogP contribution < -0.4 is 10.2 Å². The molecule has 0 heterocycles. The highest BCUT2D eigenvalue weighted by molar-refractivity contribution is 5.80. The summed E-state index contributed by atoms with van der Waals surface area (Å²) in [7, 11) is 4.07. The molecule has 2 amide bonds. The summed E-state index contributed by atoms with van der Waals surface area (Å²) in [5.41, 5.74) is 3.43. The van der Waals surface area contributed by atoms with Crippen LogP contribution in [0, 0.1) is 5.92 Å². The fourth-order valence-electron chi connectivity index (χ4n) is 3.62. The number of para-hydroxylation sites is 1. The first-order chi connectivity index (χ1) is 16.0. The molecule has 0 saturated heterocycles. The Kier molecular flexibility index (Phi) is 11.2. The zero-order valence-electron chi connectivity index (χ0n) is 20.5. The number of nitrogens with zero attached hydrogens (tertiary/aromatic N) is 2. The van der Waals surface area contributed by atoms with Crippen LogP contribution in [0.4, 0.5) is 5.69 Å². The highest BCUT2D eigenvalue weighted by Crippen LogP contribution is 2.33. The van der Waals surface area contributed by atoms with Crippen LogP contribution in [0.15, 0.2) is 60.7 Å². The first-order valence-electron chi connectivity index (χ1n) is 11.9. The average Bonchev–Trinajstić information content (AvgIpc) is 3.57. The molecular formula is C28H39N3O2. The highest BCUT2D eigenvalue weighted by atomic mass is 16.1. The van der Waals surface area contributed by atoms with Gasteiger partial charge in [0.05, 0.1) is 6.42 Å². The van der Waals surface area contributed by atoms with Gasteiger partial charge in [0.15, 0.2) is 0 Å². The van der Waals surface area contributed by atoms with Gasteiger partial charge in [0, 0.05) is 38.9 Å². The Morgan fingerprint density at radius 2 is 1.76 bits per heavy atom. The molecule has 0 aromatic heterocycles. The van der Waals surface area contributed by atoms with Crippen molar-refractivity contribution < 1.29 is 9.59 Å². The van der Waals surface area contributed by atoms with Gasteiger partial charge in [-0.2, -0.15) is 0 Å². The fraction of sp³-hybridized carbons (Fsp3) is 0.429. The minimum atomic E-state index is 0.0857. The maximum atomic E-state index is 12.3. The third kappa shape index (κ3) is 9.52. The van der Waals surface area contributed by atoms with Crippen LogP contribution in [-0.4, -0.2) is 50.4 Å².